The molecule has 1 saturated carbocycles. The summed E-state index contributed by atoms with van der Waals surface area (Å²) in [5.74, 6) is 4.13. The molecule has 0 bridgehead atoms. The summed E-state index contributed by atoms with van der Waals surface area (Å²) < 4.78 is 18.2. The maximum Gasteiger partial charge on any atom is 0.225 e. The summed E-state index contributed by atoms with van der Waals surface area (Å²) >= 11 is 12.7. The average Bonchev–Trinajstić information content (AvgIpc) is 3.44. The highest BCUT2D eigenvalue weighted by Crippen LogP contribution is 2.41. The van der Waals surface area contributed by atoms with E-state index in [2.05, 4.69) is 20.7 Å². The van der Waals surface area contributed by atoms with E-state index in [1.807, 2.05) is 19.3 Å². The highest BCUT2D eigenvalue weighted by molar-refractivity contribution is 7.85. The molecule has 194 valence electrons. The molecule has 3 aliphatic heterocycles. The number of pyridine rings is 1. The first-order valence-corrected chi connectivity index (χ1v) is 15.1. The van der Waals surface area contributed by atoms with E-state index >= 15 is 0 Å². The predicted molar refractivity (Wildman–Crippen MR) is 141 cm³/mol. The SMILES string of the molecule is C[C@@H](OC1CCC2NNC(c3cnc(N4CC(C5CCS(=O)C5)C4)nc3)C2C1)c1c(Cl)cncc1Cl. The van der Waals surface area contributed by atoms with Crippen molar-refractivity contribution >= 4 is 39.9 Å². The van der Waals surface area contributed by atoms with Crippen molar-refractivity contribution in [2.75, 3.05) is 29.5 Å². The topological polar surface area (TPSA) is 92.3 Å². The highest BCUT2D eigenvalue weighted by atomic mass is 35.5. The zero-order valence-corrected chi connectivity index (χ0v) is 22.6. The average molecular weight is 552 g/mol. The second-order valence-corrected chi connectivity index (χ2v) is 13.0. The van der Waals surface area contributed by atoms with Crippen molar-refractivity contribution < 1.29 is 8.95 Å². The van der Waals surface area contributed by atoms with Crippen molar-refractivity contribution in [1.82, 2.24) is 25.8 Å². The molecule has 2 aromatic heterocycles. The van der Waals surface area contributed by atoms with Crippen LogP contribution in [0.4, 0.5) is 5.95 Å². The van der Waals surface area contributed by atoms with Crippen LogP contribution < -0.4 is 15.8 Å². The van der Waals surface area contributed by atoms with Gasteiger partial charge in [-0.1, -0.05) is 23.2 Å². The van der Waals surface area contributed by atoms with Crippen molar-refractivity contribution in [3.05, 3.63) is 46.0 Å². The van der Waals surface area contributed by atoms with Gasteiger partial charge in [-0.25, -0.2) is 15.4 Å². The van der Waals surface area contributed by atoms with Crippen molar-refractivity contribution in [1.29, 1.82) is 0 Å². The van der Waals surface area contributed by atoms with Gasteiger partial charge in [-0.2, -0.15) is 0 Å². The first kappa shape index (κ1) is 24.9. The van der Waals surface area contributed by atoms with Gasteiger partial charge in [0.15, 0.2) is 0 Å². The number of nitrogens with zero attached hydrogens (tertiary/aromatic N) is 4. The van der Waals surface area contributed by atoms with Gasteiger partial charge in [0.05, 0.1) is 28.3 Å². The minimum atomic E-state index is -0.609. The molecule has 5 heterocycles. The summed E-state index contributed by atoms with van der Waals surface area (Å²) in [5.41, 5.74) is 8.86. The molecule has 3 saturated heterocycles. The zero-order valence-electron chi connectivity index (χ0n) is 20.3. The molecule has 0 amide bonds. The Bertz CT molecular complexity index is 1100. The second kappa shape index (κ2) is 10.4. The van der Waals surface area contributed by atoms with E-state index in [-0.39, 0.29) is 18.2 Å². The summed E-state index contributed by atoms with van der Waals surface area (Å²) in [4.78, 5) is 15.7. The lowest BCUT2D eigenvalue weighted by atomic mass is 9.78. The number of fused-ring (bicyclic) bond motifs is 1. The lowest BCUT2D eigenvalue weighted by Gasteiger charge is -2.42. The predicted octanol–water partition coefficient (Wildman–Crippen LogP) is 3.85. The Kier molecular flexibility index (Phi) is 7.22. The first-order chi connectivity index (χ1) is 17.5. The fourth-order valence-corrected chi connectivity index (χ4v) is 8.65. The van der Waals surface area contributed by atoms with Gasteiger partial charge in [-0.05, 0) is 50.4 Å². The number of hydrogen-bond acceptors (Lipinski definition) is 8. The summed E-state index contributed by atoms with van der Waals surface area (Å²) in [6, 6.07) is 0.530. The van der Waals surface area contributed by atoms with Gasteiger partial charge < -0.3 is 9.64 Å². The zero-order chi connectivity index (χ0) is 24.8. The number of hydrazine groups is 1. The molecule has 2 aromatic rings. The van der Waals surface area contributed by atoms with E-state index in [0.29, 0.717) is 33.8 Å². The van der Waals surface area contributed by atoms with E-state index < -0.39 is 10.8 Å². The molecule has 0 aromatic carbocycles. The van der Waals surface area contributed by atoms with E-state index in [0.717, 1.165) is 67.4 Å². The fourth-order valence-electron chi connectivity index (χ4n) is 6.33. The Balaban J connectivity index is 1.07. The molecule has 6 rings (SSSR count). The number of rotatable bonds is 6. The van der Waals surface area contributed by atoms with Gasteiger partial charge in [0.2, 0.25) is 5.95 Å². The Morgan fingerprint density at radius 2 is 1.81 bits per heavy atom. The van der Waals surface area contributed by atoms with Crippen LogP contribution in [0, 0.1) is 17.8 Å². The summed E-state index contributed by atoms with van der Waals surface area (Å²) in [7, 11) is -0.609. The number of anilines is 1. The second-order valence-electron chi connectivity index (χ2n) is 10.6. The van der Waals surface area contributed by atoms with Crippen LogP contribution in [-0.2, 0) is 15.5 Å². The molecular weight excluding hydrogens is 519 g/mol. The number of nitrogens with one attached hydrogen (secondary N) is 2. The van der Waals surface area contributed by atoms with Crippen LogP contribution in [-0.4, -0.2) is 55.9 Å². The molecule has 4 aliphatic rings. The molecule has 0 radical (unpaired) electrons. The van der Waals surface area contributed by atoms with Gasteiger partial charge in [0.1, 0.15) is 0 Å². The van der Waals surface area contributed by atoms with Gasteiger partial charge >= 0.3 is 0 Å². The van der Waals surface area contributed by atoms with Crippen LogP contribution in [0.1, 0.15) is 55.9 Å². The first-order valence-electron chi connectivity index (χ1n) is 12.8. The van der Waals surface area contributed by atoms with E-state index in [1.54, 1.807) is 12.4 Å². The molecule has 11 heteroatoms. The van der Waals surface area contributed by atoms with Crippen LogP contribution in [0.5, 0.6) is 0 Å². The molecule has 7 atom stereocenters. The van der Waals surface area contributed by atoms with E-state index in [9.17, 15) is 4.21 Å². The molecular formula is C25H32Cl2N6O2S. The monoisotopic (exact) mass is 550 g/mol. The van der Waals surface area contributed by atoms with Crippen LogP contribution in [0.15, 0.2) is 24.8 Å². The normalized spacial score (nSPS) is 33.4. The summed E-state index contributed by atoms with van der Waals surface area (Å²) in [6.45, 7) is 3.94. The van der Waals surface area contributed by atoms with Crippen molar-refractivity contribution in [2.45, 2.75) is 56.9 Å². The Morgan fingerprint density at radius 3 is 2.50 bits per heavy atom. The quantitative estimate of drug-likeness (QED) is 0.560. The third-order valence-corrected chi connectivity index (χ3v) is 10.5. The number of hydrogen-bond donors (Lipinski definition) is 2. The molecule has 4 fully saturated rings. The summed E-state index contributed by atoms with van der Waals surface area (Å²) in [6.07, 6.45) is 11.1. The summed E-state index contributed by atoms with van der Waals surface area (Å²) in [5, 5.41) is 1.07. The van der Waals surface area contributed by atoms with Crippen molar-refractivity contribution in [2.24, 2.45) is 17.8 Å². The Labute approximate surface area is 224 Å². The number of aromatic nitrogens is 3. The largest absolute Gasteiger partial charge is 0.370 e. The van der Waals surface area contributed by atoms with Crippen LogP contribution in [0.2, 0.25) is 10.0 Å². The Hall–Kier alpha value is -1.36. The molecule has 2 N–H and O–H groups in total. The molecule has 1 aliphatic carbocycles. The van der Waals surface area contributed by atoms with Gasteiger partial charge in [0, 0.05) is 77.4 Å². The van der Waals surface area contributed by atoms with Gasteiger partial charge in [0.25, 0.3) is 0 Å². The van der Waals surface area contributed by atoms with E-state index in [1.165, 1.54) is 0 Å². The third-order valence-electron chi connectivity index (χ3n) is 8.39. The standard InChI is InChI=1S/C25H32Cl2N6O2S/c1-14(23-20(26)9-28-10-21(23)27)35-18-2-3-22-19(6-18)24(32-31-22)16-7-29-25(30-8-16)33-11-17(12-33)15-4-5-36(34)13-15/h7-10,14-15,17-19,22,24,31-32H,2-6,11-13H2,1H3/t14-,15?,18?,19?,22?,24?,36?/m1/s1. The molecule has 6 unspecified atom stereocenters. The molecule has 36 heavy (non-hydrogen) atoms. The lowest BCUT2D eigenvalue weighted by molar-refractivity contribution is -0.0370. The van der Waals surface area contributed by atoms with Crippen LogP contribution in [0.3, 0.4) is 0 Å². The highest BCUT2D eigenvalue weighted by Gasteiger charge is 2.42. The minimum Gasteiger partial charge on any atom is -0.370 e. The number of ether oxygens (including phenoxy) is 1. The van der Waals surface area contributed by atoms with Crippen molar-refractivity contribution in [3.8, 4) is 0 Å². The smallest absolute Gasteiger partial charge is 0.225 e. The van der Waals surface area contributed by atoms with Crippen LogP contribution >= 0.6 is 23.2 Å². The number of halogens is 2. The van der Waals surface area contributed by atoms with Gasteiger partial charge in [-0.15, -0.1) is 0 Å². The van der Waals surface area contributed by atoms with Gasteiger partial charge in [-0.3, -0.25) is 14.6 Å². The van der Waals surface area contributed by atoms with Crippen LogP contribution in [0.25, 0.3) is 0 Å². The van der Waals surface area contributed by atoms with Crippen molar-refractivity contribution in [3.63, 3.8) is 0 Å². The minimum absolute atomic E-state index is 0.119. The molecule has 8 nitrogen and oxygen atoms in total. The van der Waals surface area contributed by atoms with E-state index in [4.69, 9.17) is 37.9 Å². The molecule has 0 spiro atoms. The lowest BCUT2D eigenvalue weighted by Crippen LogP contribution is -2.51. The Morgan fingerprint density at radius 1 is 1.06 bits per heavy atom. The maximum atomic E-state index is 11.7. The fraction of sp³-hybridized carbons (Fsp3) is 0.640. The third kappa shape index (κ3) is 4.90. The maximum absolute atomic E-state index is 11.7.